The molecule has 2 aliphatic heterocycles. The van der Waals surface area contributed by atoms with E-state index in [0.29, 0.717) is 31.1 Å². The Kier molecular flexibility index (Phi) is 8.98. The second kappa shape index (κ2) is 13.2. The maximum absolute atomic E-state index is 14.4. The fourth-order valence-corrected chi connectivity index (χ4v) is 6.45. The van der Waals surface area contributed by atoms with E-state index in [4.69, 9.17) is 16.0 Å². The number of hydrogen-bond donors (Lipinski definition) is 1. The van der Waals surface area contributed by atoms with Crippen LogP contribution < -0.4 is 10.7 Å². The largest absolute Gasteiger partial charge is 0.448 e. The molecule has 0 aliphatic carbocycles. The van der Waals surface area contributed by atoms with E-state index in [1.807, 2.05) is 17.0 Å². The Bertz CT molecular complexity index is 1800. The maximum Gasteiger partial charge on any atom is 0.287 e. The van der Waals surface area contributed by atoms with Crippen LogP contribution in [0.2, 0.25) is 5.02 Å². The molecule has 3 heterocycles. The lowest BCUT2D eigenvalue weighted by atomic mass is 9.86. The summed E-state index contributed by atoms with van der Waals surface area (Å²) in [6, 6.07) is 19.2. The van der Waals surface area contributed by atoms with Gasteiger partial charge < -0.3 is 19.5 Å². The van der Waals surface area contributed by atoms with E-state index >= 15 is 0 Å². The highest BCUT2D eigenvalue weighted by Crippen LogP contribution is 2.32. The Morgan fingerprint density at radius 3 is 2.47 bits per heavy atom. The van der Waals surface area contributed by atoms with Gasteiger partial charge in [0.2, 0.25) is 11.8 Å². The summed E-state index contributed by atoms with van der Waals surface area (Å²) >= 11 is 6.07. The van der Waals surface area contributed by atoms with Crippen molar-refractivity contribution in [3.05, 3.63) is 116 Å². The van der Waals surface area contributed by atoms with Gasteiger partial charge in [-0.1, -0.05) is 54.1 Å². The number of likely N-dealkylation sites (tertiary alicyclic amines) is 2. The normalized spacial score (nSPS) is 16.3. The lowest BCUT2D eigenvalue weighted by Gasteiger charge is -2.35. The highest BCUT2D eigenvalue weighted by atomic mass is 35.5. The average molecular weight is 630 g/mol. The molecular weight excluding hydrogens is 597 g/mol. The zero-order valence-electron chi connectivity index (χ0n) is 24.6. The molecule has 45 heavy (non-hydrogen) atoms. The quantitative estimate of drug-likeness (QED) is 0.279. The fourth-order valence-electron chi connectivity index (χ4n) is 6.32. The molecule has 1 N–H and O–H groups in total. The second-order valence-corrected chi connectivity index (χ2v) is 12.1. The van der Waals surface area contributed by atoms with Crippen LogP contribution in [-0.2, 0) is 22.6 Å². The number of carbonyl (C=O) groups is 3. The molecule has 8 nitrogen and oxygen atoms in total. The predicted octanol–water partition coefficient (Wildman–Crippen LogP) is 5.46. The number of carbonyl (C=O) groups excluding carboxylic acids is 3. The first-order valence-electron chi connectivity index (χ1n) is 15.2. The Hall–Kier alpha value is -4.50. The smallest absolute Gasteiger partial charge is 0.287 e. The Morgan fingerprint density at radius 2 is 1.73 bits per heavy atom. The van der Waals surface area contributed by atoms with Crippen molar-refractivity contribution in [2.24, 2.45) is 0 Å². The summed E-state index contributed by atoms with van der Waals surface area (Å²) in [6.45, 7) is 2.35. The van der Waals surface area contributed by atoms with Gasteiger partial charge in [-0.15, -0.1) is 0 Å². The number of amides is 3. The average Bonchev–Trinajstić information content (AvgIpc) is 3.46. The third-order valence-electron chi connectivity index (χ3n) is 8.72. The van der Waals surface area contributed by atoms with Gasteiger partial charge in [0.1, 0.15) is 6.04 Å². The number of piperidine rings is 1. The van der Waals surface area contributed by atoms with E-state index in [9.17, 15) is 23.6 Å². The molecule has 1 aromatic heterocycles. The van der Waals surface area contributed by atoms with Crippen LogP contribution in [0.1, 0.15) is 58.8 Å². The van der Waals surface area contributed by atoms with Crippen LogP contribution >= 0.6 is 11.6 Å². The number of halogens is 2. The standard InChI is InChI=1S/C35H33ClFN3O5/c36-25-12-10-22(11-13-25)19-29(38-34(43)31-20-30(41)27-7-3-8-28(37)33(27)45-31)35(44)39-17-14-23(15-18-39)26-6-2-1-5-24(26)21-40-16-4-9-32(40)42/h1-3,5-8,10-13,20,23,29H,4,9,14-19,21H2,(H,38,43)/t29-/m1/s1. The van der Waals surface area contributed by atoms with Gasteiger partial charge >= 0.3 is 0 Å². The third kappa shape index (κ3) is 6.78. The van der Waals surface area contributed by atoms with E-state index < -0.39 is 23.2 Å². The van der Waals surface area contributed by atoms with Crippen LogP contribution in [-0.4, -0.2) is 53.2 Å². The summed E-state index contributed by atoms with van der Waals surface area (Å²) in [4.78, 5) is 55.8. The van der Waals surface area contributed by atoms with Gasteiger partial charge in [0.05, 0.1) is 5.39 Å². The minimum absolute atomic E-state index is 0.0248. The van der Waals surface area contributed by atoms with Crippen LogP contribution in [0.25, 0.3) is 11.0 Å². The molecule has 0 radical (unpaired) electrons. The van der Waals surface area contributed by atoms with E-state index in [1.54, 1.807) is 29.2 Å². The number of nitrogens with one attached hydrogen (secondary N) is 1. The van der Waals surface area contributed by atoms with Crippen LogP contribution in [0.15, 0.2) is 82.0 Å². The maximum atomic E-state index is 14.4. The lowest BCUT2D eigenvalue weighted by molar-refractivity contribution is -0.134. The number of hydrogen-bond acceptors (Lipinski definition) is 5. The van der Waals surface area contributed by atoms with Gasteiger partial charge in [-0.2, -0.15) is 0 Å². The van der Waals surface area contributed by atoms with Crippen molar-refractivity contribution in [2.45, 2.75) is 50.6 Å². The first kappa shape index (κ1) is 30.5. The SMILES string of the molecule is O=C(N[C@H](Cc1ccc(Cl)cc1)C(=O)N1CCC(c2ccccc2CN2CCCC2=O)CC1)c1cc(=O)c2cccc(F)c2o1. The number of nitrogens with zero attached hydrogens (tertiary/aromatic N) is 2. The summed E-state index contributed by atoms with van der Waals surface area (Å²) in [5, 5.41) is 3.31. The lowest BCUT2D eigenvalue weighted by Crippen LogP contribution is -2.51. The molecule has 3 amide bonds. The molecular formula is C35H33ClFN3O5. The third-order valence-corrected chi connectivity index (χ3v) is 8.97. The van der Waals surface area contributed by atoms with E-state index in [-0.39, 0.29) is 40.9 Å². The summed E-state index contributed by atoms with van der Waals surface area (Å²) in [6.07, 6.45) is 3.13. The molecule has 1 atom stereocenters. The van der Waals surface area contributed by atoms with Gasteiger partial charge in [0, 0.05) is 50.1 Å². The number of rotatable bonds is 8. The molecule has 0 saturated carbocycles. The predicted molar refractivity (Wildman–Crippen MR) is 169 cm³/mol. The molecule has 0 spiro atoms. The molecule has 3 aromatic carbocycles. The van der Waals surface area contributed by atoms with Crippen molar-refractivity contribution in [3.8, 4) is 0 Å². The number of benzene rings is 3. The second-order valence-electron chi connectivity index (χ2n) is 11.7. The summed E-state index contributed by atoms with van der Waals surface area (Å²) in [7, 11) is 0. The van der Waals surface area contributed by atoms with Crippen molar-refractivity contribution in [1.82, 2.24) is 15.1 Å². The first-order chi connectivity index (χ1) is 21.8. The van der Waals surface area contributed by atoms with Gasteiger partial charge in [0.25, 0.3) is 5.91 Å². The molecule has 2 fully saturated rings. The van der Waals surface area contributed by atoms with Crippen LogP contribution in [0.4, 0.5) is 4.39 Å². The minimum atomic E-state index is -0.967. The number of para-hydroxylation sites is 1. The molecule has 6 rings (SSSR count). The highest BCUT2D eigenvalue weighted by Gasteiger charge is 2.32. The van der Waals surface area contributed by atoms with Crippen molar-refractivity contribution in [3.63, 3.8) is 0 Å². The van der Waals surface area contributed by atoms with Crippen molar-refractivity contribution < 1.29 is 23.2 Å². The molecule has 2 saturated heterocycles. The highest BCUT2D eigenvalue weighted by molar-refractivity contribution is 6.30. The van der Waals surface area contributed by atoms with Crippen molar-refractivity contribution in [1.29, 1.82) is 0 Å². The van der Waals surface area contributed by atoms with Crippen molar-refractivity contribution in [2.75, 3.05) is 19.6 Å². The van der Waals surface area contributed by atoms with E-state index in [0.717, 1.165) is 49.1 Å². The van der Waals surface area contributed by atoms with Crippen LogP contribution in [0.5, 0.6) is 0 Å². The summed E-state index contributed by atoms with van der Waals surface area (Å²) in [5.41, 5.74) is 2.25. The Labute approximate surface area is 264 Å². The molecule has 0 bridgehead atoms. The van der Waals surface area contributed by atoms with Crippen LogP contribution in [0.3, 0.4) is 0 Å². The molecule has 232 valence electrons. The van der Waals surface area contributed by atoms with Crippen molar-refractivity contribution >= 4 is 40.3 Å². The zero-order chi connectivity index (χ0) is 31.5. The fraction of sp³-hybridized carbons (Fsp3) is 0.314. The topological polar surface area (TPSA) is 99.9 Å². The zero-order valence-corrected chi connectivity index (χ0v) is 25.4. The van der Waals surface area contributed by atoms with Gasteiger partial charge in [-0.05, 0) is 66.1 Å². The van der Waals surface area contributed by atoms with Gasteiger partial charge in [-0.25, -0.2) is 4.39 Å². The Balaban J connectivity index is 1.19. The summed E-state index contributed by atoms with van der Waals surface area (Å²) in [5.74, 6) is -1.77. The van der Waals surface area contributed by atoms with E-state index in [1.165, 1.54) is 17.7 Å². The first-order valence-corrected chi connectivity index (χ1v) is 15.6. The number of fused-ring (bicyclic) bond motifs is 1. The van der Waals surface area contributed by atoms with Crippen LogP contribution in [0, 0.1) is 5.82 Å². The molecule has 2 aliphatic rings. The molecule has 0 unspecified atom stereocenters. The minimum Gasteiger partial charge on any atom is -0.448 e. The monoisotopic (exact) mass is 629 g/mol. The Morgan fingerprint density at radius 1 is 0.978 bits per heavy atom. The molecule has 4 aromatic rings. The molecule has 10 heteroatoms. The van der Waals surface area contributed by atoms with Gasteiger partial charge in [0.15, 0.2) is 22.6 Å². The van der Waals surface area contributed by atoms with Gasteiger partial charge in [-0.3, -0.25) is 19.2 Å². The summed E-state index contributed by atoms with van der Waals surface area (Å²) < 4.78 is 19.9. The van der Waals surface area contributed by atoms with E-state index in [2.05, 4.69) is 17.4 Å².